The van der Waals surface area contributed by atoms with E-state index in [1.54, 1.807) is 25.1 Å². The number of amides is 1. The lowest BCUT2D eigenvalue weighted by molar-refractivity contribution is -0.384. The number of non-ortho nitro benzene ring substituents is 1. The molecule has 3 aromatic rings. The topological polar surface area (TPSA) is 97.5 Å². The number of hydrogen-bond donors (Lipinski definition) is 1. The number of aromatic nitrogens is 1. The van der Waals surface area contributed by atoms with Crippen LogP contribution in [0.25, 0.3) is 10.9 Å². The van der Waals surface area contributed by atoms with Gasteiger partial charge < -0.3 is 0 Å². The maximum atomic E-state index is 12.4. The van der Waals surface area contributed by atoms with Crippen molar-refractivity contribution in [1.29, 1.82) is 0 Å². The largest absolute Gasteiger partial charge is 0.273 e. The number of carbonyl (C=O) groups excluding carboxylic acids is 1. The minimum atomic E-state index is -0.484. The second kappa shape index (κ2) is 7.10. The molecule has 1 N–H and O–H groups in total. The SMILES string of the molecule is Cc1ccc2nc(C)c(C(=O)N/N=C/c3cccc([N+](=O)[O-])c3)cc2c1. The van der Waals surface area contributed by atoms with Gasteiger partial charge in [-0.05, 0) is 32.0 Å². The van der Waals surface area contributed by atoms with Gasteiger partial charge in [0.2, 0.25) is 0 Å². The van der Waals surface area contributed by atoms with E-state index < -0.39 is 4.92 Å². The predicted octanol–water partition coefficient (Wildman–Crippen LogP) is 3.52. The van der Waals surface area contributed by atoms with Crippen LogP contribution in [0.2, 0.25) is 0 Å². The molecule has 0 aliphatic carbocycles. The molecule has 0 aliphatic rings. The number of pyridine rings is 1. The van der Waals surface area contributed by atoms with Gasteiger partial charge in [0.15, 0.2) is 0 Å². The molecule has 7 heteroatoms. The van der Waals surface area contributed by atoms with Gasteiger partial charge in [-0.15, -0.1) is 0 Å². The van der Waals surface area contributed by atoms with Crippen molar-refractivity contribution in [3.8, 4) is 0 Å². The van der Waals surface area contributed by atoms with E-state index in [2.05, 4.69) is 15.5 Å². The van der Waals surface area contributed by atoms with Gasteiger partial charge in [0.1, 0.15) is 0 Å². The summed E-state index contributed by atoms with van der Waals surface area (Å²) < 4.78 is 0. The first-order chi connectivity index (χ1) is 12.4. The molecule has 0 unspecified atom stereocenters. The molecule has 7 nitrogen and oxygen atoms in total. The number of aryl methyl sites for hydroxylation is 2. The number of fused-ring (bicyclic) bond motifs is 1. The third kappa shape index (κ3) is 3.72. The highest BCUT2D eigenvalue weighted by Gasteiger charge is 2.11. The third-order valence-corrected chi connectivity index (χ3v) is 3.87. The summed E-state index contributed by atoms with van der Waals surface area (Å²) in [7, 11) is 0. The fraction of sp³-hybridized carbons (Fsp3) is 0.105. The van der Waals surface area contributed by atoms with Gasteiger partial charge in [0.05, 0.1) is 27.9 Å². The van der Waals surface area contributed by atoms with Gasteiger partial charge in [-0.25, -0.2) is 5.43 Å². The van der Waals surface area contributed by atoms with E-state index in [9.17, 15) is 14.9 Å². The lowest BCUT2D eigenvalue weighted by Crippen LogP contribution is -2.19. The molecule has 3 rings (SSSR count). The molecular weight excluding hydrogens is 332 g/mol. The minimum absolute atomic E-state index is 0.0368. The van der Waals surface area contributed by atoms with Gasteiger partial charge >= 0.3 is 0 Å². The van der Waals surface area contributed by atoms with Crippen molar-refractivity contribution in [2.45, 2.75) is 13.8 Å². The highest BCUT2D eigenvalue weighted by molar-refractivity contribution is 5.99. The summed E-state index contributed by atoms with van der Waals surface area (Å²) in [5.74, 6) is -0.389. The number of nitrogens with zero attached hydrogens (tertiary/aromatic N) is 3. The van der Waals surface area contributed by atoms with Crippen molar-refractivity contribution in [3.63, 3.8) is 0 Å². The fourth-order valence-corrected chi connectivity index (χ4v) is 2.57. The summed E-state index contributed by atoms with van der Waals surface area (Å²) >= 11 is 0. The molecular formula is C19H16N4O3. The van der Waals surface area contributed by atoms with E-state index in [-0.39, 0.29) is 11.6 Å². The van der Waals surface area contributed by atoms with Gasteiger partial charge in [-0.1, -0.05) is 23.8 Å². The van der Waals surface area contributed by atoms with Crippen LogP contribution in [-0.4, -0.2) is 22.0 Å². The fourth-order valence-electron chi connectivity index (χ4n) is 2.57. The Kier molecular flexibility index (Phi) is 4.70. The average Bonchev–Trinajstić information content (AvgIpc) is 2.61. The molecule has 0 spiro atoms. The van der Waals surface area contributed by atoms with Crippen molar-refractivity contribution in [2.75, 3.05) is 0 Å². The van der Waals surface area contributed by atoms with Gasteiger partial charge in [-0.2, -0.15) is 5.10 Å². The molecule has 0 bridgehead atoms. The zero-order valence-electron chi connectivity index (χ0n) is 14.3. The monoisotopic (exact) mass is 348 g/mol. The number of nitrogens with one attached hydrogen (secondary N) is 1. The van der Waals surface area contributed by atoms with E-state index >= 15 is 0 Å². The molecule has 0 saturated heterocycles. The Balaban J connectivity index is 1.80. The summed E-state index contributed by atoms with van der Waals surface area (Å²) in [5, 5.41) is 15.5. The molecule has 0 aliphatic heterocycles. The predicted molar refractivity (Wildman–Crippen MR) is 99.4 cm³/mol. The zero-order valence-corrected chi connectivity index (χ0v) is 14.3. The summed E-state index contributed by atoms with van der Waals surface area (Å²) in [4.78, 5) is 27.1. The number of carbonyl (C=O) groups is 1. The van der Waals surface area contributed by atoms with Crippen LogP contribution in [-0.2, 0) is 0 Å². The van der Waals surface area contributed by atoms with Crippen LogP contribution < -0.4 is 5.43 Å². The van der Waals surface area contributed by atoms with Crippen LogP contribution in [0.4, 0.5) is 5.69 Å². The number of rotatable bonds is 4. The number of nitro benzene ring substituents is 1. The summed E-state index contributed by atoms with van der Waals surface area (Å²) in [5.41, 5.74) is 5.85. The van der Waals surface area contributed by atoms with E-state index in [4.69, 9.17) is 0 Å². The average molecular weight is 348 g/mol. The molecule has 1 aromatic heterocycles. The van der Waals surface area contributed by atoms with E-state index in [0.29, 0.717) is 16.8 Å². The first kappa shape index (κ1) is 17.2. The molecule has 0 saturated carbocycles. The van der Waals surface area contributed by atoms with Crippen LogP contribution >= 0.6 is 0 Å². The normalized spacial score (nSPS) is 11.0. The molecule has 0 fully saturated rings. The molecule has 1 amide bonds. The van der Waals surface area contributed by atoms with Gasteiger partial charge in [-0.3, -0.25) is 19.9 Å². The Labute approximate surface area is 149 Å². The van der Waals surface area contributed by atoms with Crippen molar-refractivity contribution >= 4 is 28.7 Å². The first-order valence-corrected chi connectivity index (χ1v) is 7.90. The summed E-state index contributed by atoms with van der Waals surface area (Å²) in [6, 6.07) is 13.6. The lowest BCUT2D eigenvalue weighted by atomic mass is 10.1. The molecule has 1 heterocycles. The second-order valence-electron chi connectivity index (χ2n) is 5.87. The van der Waals surface area contributed by atoms with Crippen molar-refractivity contribution in [1.82, 2.24) is 10.4 Å². The number of nitro groups is 1. The number of hydrazone groups is 1. The van der Waals surface area contributed by atoms with E-state index in [0.717, 1.165) is 16.5 Å². The maximum absolute atomic E-state index is 12.4. The first-order valence-electron chi connectivity index (χ1n) is 7.90. The summed E-state index contributed by atoms with van der Waals surface area (Å²) in [6.45, 7) is 3.74. The standard InChI is InChI=1S/C19H16N4O3/c1-12-6-7-18-15(8-12)10-17(13(2)21-18)19(24)22-20-11-14-4-3-5-16(9-14)23(25)26/h3-11H,1-2H3,(H,22,24)/b20-11+. The van der Waals surface area contributed by atoms with E-state index in [1.165, 1.54) is 18.3 Å². The van der Waals surface area contributed by atoms with Crippen LogP contribution in [0.15, 0.2) is 53.6 Å². The molecule has 2 aromatic carbocycles. The molecule has 130 valence electrons. The Morgan fingerprint density at radius 3 is 2.77 bits per heavy atom. The van der Waals surface area contributed by atoms with E-state index in [1.807, 2.05) is 25.1 Å². The molecule has 0 radical (unpaired) electrons. The molecule has 26 heavy (non-hydrogen) atoms. The Hall–Kier alpha value is -3.61. The van der Waals surface area contributed by atoms with Crippen LogP contribution in [0.5, 0.6) is 0 Å². The highest BCUT2D eigenvalue weighted by atomic mass is 16.6. The van der Waals surface area contributed by atoms with Crippen molar-refractivity contribution in [2.24, 2.45) is 5.10 Å². The maximum Gasteiger partial charge on any atom is 0.273 e. The third-order valence-electron chi connectivity index (χ3n) is 3.87. The highest BCUT2D eigenvalue weighted by Crippen LogP contribution is 2.18. The Morgan fingerprint density at radius 2 is 2.00 bits per heavy atom. The quantitative estimate of drug-likeness (QED) is 0.443. The second-order valence-corrected chi connectivity index (χ2v) is 5.87. The Morgan fingerprint density at radius 1 is 1.19 bits per heavy atom. The Bertz CT molecular complexity index is 1040. The zero-order chi connectivity index (χ0) is 18.7. The summed E-state index contributed by atoms with van der Waals surface area (Å²) in [6.07, 6.45) is 1.36. The smallest absolute Gasteiger partial charge is 0.267 e. The van der Waals surface area contributed by atoms with Crippen molar-refractivity contribution < 1.29 is 9.72 Å². The van der Waals surface area contributed by atoms with Crippen molar-refractivity contribution in [3.05, 3.63) is 81.0 Å². The van der Waals surface area contributed by atoms with Crippen LogP contribution in [0, 0.1) is 24.0 Å². The molecule has 0 atom stereocenters. The lowest BCUT2D eigenvalue weighted by Gasteiger charge is -2.06. The number of hydrogen-bond acceptors (Lipinski definition) is 5. The number of benzene rings is 2. The van der Waals surface area contributed by atoms with Crippen LogP contribution in [0.1, 0.15) is 27.2 Å². The van der Waals surface area contributed by atoms with Gasteiger partial charge in [0, 0.05) is 23.1 Å². The minimum Gasteiger partial charge on any atom is -0.267 e. The van der Waals surface area contributed by atoms with Gasteiger partial charge in [0.25, 0.3) is 11.6 Å². The van der Waals surface area contributed by atoms with Crippen LogP contribution in [0.3, 0.4) is 0 Å².